The summed E-state index contributed by atoms with van der Waals surface area (Å²) in [6, 6.07) is 2.91. The van der Waals surface area contributed by atoms with E-state index in [0.717, 1.165) is 6.42 Å². The Morgan fingerprint density at radius 2 is 2.13 bits per heavy atom. The first kappa shape index (κ1) is 11.4. The molecule has 0 saturated carbocycles. The van der Waals surface area contributed by atoms with Crippen LogP contribution in [-0.2, 0) is 6.42 Å². The lowest BCUT2D eigenvalue weighted by Gasteiger charge is -2.11. The van der Waals surface area contributed by atoms with Crippen molar-refractivity contribution in [2.75, 3.05) is 7.11 Å². The summed E-state index contributed by atoms with van der Waals surface area (Å²) in [6.07, 6.45) is 1.41. The maximum Gasteiger partial charge on any atom is 0.339 e. The Hall–Kier alpha value is -1.71. The van der Waals surface area contributed by atoms with Gasteiger partial charge in [0.2, 0.25) is 0 Å². The Kier molecular flexibility index (Phi) is 3.55. The lowest BCUT2D eigenvalue weighted by Crippen LogP contribution is -2.01. The number of hydrogen-bond donors (Lipinski definition) is 2. The second-order valence-corrected chi connectivity index (χ2v) is 3.20. The number of benzene rings is 1. The van der Waals surface area contributed by atoms with Crippen LogP contribution < -0.4 is 4.74 Å². The normalized spacial score (nSPS) is 10.0. The Morgan fingerprint density at radius 1 is 1.47 bits per heavy atom. The molecule has 2 N–H and O–H groups in total. The summed E-state index contributed by atoms with van der Waals surface area (Å²) >= 11 is 0. The van der Waals surface area contributed by atoms with E-state index in [1.165, 1.54) is 13.2 Å². The average molecular weight is 210 g/mol. The maximum absolute atomic E-state index is 10.8. The van der Waals surface area contributed by atoms with Gasteiger partial charge in [-0.2, -0.15) is 0 Å². The van der Waals surface area contributed by atoms with Crippen molar-refractivity contribution in [3.05, 3.63) is 23.3 Å². The summed E-state index contributed by atoms with van der Waals surface area (Å²) in [5.41, 5.74) is 0.471. The van der Waals surface area contributed by atoms with Gasteiger partial charge in [0.05, 0.1) is 7.11 Å². The zero-order chi connectivity index (χ0) is 11.4. The summed E-state index contributed by atoms with van der Waals surface area (Å²) in [4.78, 5) is 10.8. The van der Waals surface area contributed by atoms with E-state index in [1.54, 1.807) is 6.07 Å². The highest BCUT2D eigenvalue weighted by Crippen LogP contribution is 2.32. The van der Waals surface area contributed by atoms with E-state index in [2.05, 4.69) is 0 Å². The van der Waals surface area contributed by atoms with Crippen molar-refractivity contribution in [1.82, 2.24) is 0 Å². The van der Waals surface area contributed by atoms with Crippen molar-refractivity contribution < 1.29 is 19.7 Å². The number of hydrogen-bond acceptors (Lipinski definition) is 3. The molecule has 4 heteroatoms. The zero-order valence-electron chi connectivity index (χ0n) is 8.78. The van der Waals surface area contributed by atoms with Gasteiger partial charge in [-0.15, -0.1) is 0 Å². The van der Waals surface area contributed by atoms with Gasteiger partial charge in [0, 0.05) is 5.56 Å². The quantitative estimate of drug-likeness (QED) is 0.798. The molecule has 15 heavy (non-hydrogen) atoms. The Bertz CT molecular complexity index is 371. The third-order valence-electron chi connectivity index (χ3n) is 2.19. The van der Waals surface area contributed by atoms with E-state index < -0.39 is 5.97 Å². The molecule has 82 valence electrons. The van der Waals surface area contributed by atoms with Crippen molar-refractivity contribution in [2.24, 2.45) is 0 Å². The highest BCUT2D eigenvalue weighted by Gasteiger charge is 2.16. The van der Waals surface area contributed by atoms with E-state index in [9.17, 15) is 9.90 Å². The number of ether oxygens (including phenoxy) is 1. The van der Waals surface area contributed by atoms with Gasteiger partial charge in [-0.25, -0.2) is 4.79 Å². The highest BCUT2D eigenvalue weighted by atomic mass is 16.5. The van der Waals surface area contributed by atoms with Crippen molar-refractivity contribution in [3.8, 4) is 11.5 Å². The summed E-state index contributed by atoms with van der Waals surface area (Å²) in [6.45, 7) is 1.95. The van der Waals surface area contributed by atoms with Crippen LogP contribution >= 0.6 is 0 Å². The van der Waals surface area contributed by atoms with Crippen molar-refractivity contribution in [2.45, 2.75) is 19.8 Å². The number of aromatic carboxylic acids is 1. The van der Waals surface area contributed by atoms with Gasteiger partial charge in [0.25, 0.3) is 0 Å². The molecular formula is C11H14O4. The molecule has 0 atom stereocenters. The van der Waals surface area contributed by atoms with Crippen LogP contribution in [0.3, 0.4) is 0 Å². The molecule has 1 aromatic rings. The number of carboxylic acids is 1. The van der Waals surface area contributed by atoms with Crippen LogP contribution in [0.2, 0.25) is 0 Å². The minimum atomic E-state index is -1.13. The fraction of sp³-hybridized carbons (Fsp3) is 0.364. The van der Waals surface area contributed by atoms with Crippen LogP contribution in [0.1, 0.15) is 29.3 Å². The van der Waals surface area contributed by atoms with Gasteiger partial charge < -0.3 is 14.9 Å². The Labute approximate surface area is 88.1 Å². The van der Waals surface area contributed by atoms with Gasteiger partial charge in [0.1, 0.15) is 17.1 Å². The van der Waals surface area contributed by atoms with Gasteiger partial charge >= 0.3 is 5.97 Å². The van der Waals surface area contributed by atoms with E-state index >= 15 is 0 Å². The van der Waals surface area contributed by atoms with Crippen LogP contribution in [0.5, 0.6) is 11.5 Å². The molecule has 0 aromatic heterocycles. The Balaban J connectivity index is 3.28. The summed E-state index contributed by atoms with van der Waals surface area (Å²) in [7, 11) is 1.49. The lowest BCUT2D eigenvalue weighted by atomic mass is 10.0. The molecule has 0 spiro atoms. The molecule has 0 aliphatic carbocycles. The first-order chi connectivity index (χ1) is 7.11. The minimum absolute atomic E-state index is 0.0840. The van der Waals surface area contributed by atoms with Crippen LogP contribution in [0, 0.1) is 0 Å². The molecule has 1 aromatic carbocycles. The summed E-state index contributed by atoms with van der Waals surface area (Å²) in [5, 5.41) is 18.6. The number of rotatable bonds is 4. The number of phenols is 1. The van der Waals surface area contributed by atoms with Gasteiger partial charge in [-0.1, -0.05) is 13.3 Å². The van der Waals surface area contributed by atoms with Gasteiger partial charge in [0.15, 0.2) is 0 Å². The monoisotopic (exact) mass is 210 g/mol. The number of carbonyl (C=O) groups is 1. The summed E-state index contributed by atoms with van der Waals surface area (Å²) in [5.74, 6) is -0.796. The molecule has 0 amide bonds. The van der Waals surface area contributed by atoms with Crippen LogP contribution in [0.4, 0.5) is 0 Å². The standard InChI is InChI=1S/C11H14O4/c1-3-4-7-9(15-2)6-5-8(10(7)12)11(13)14/h5-6,12H,3-4H2,1-2H3,(H,13,14). The van der Waals surface area contributed by atoms with Crippen LogP contribution in [0.25, 0.3) is 0 Å². The molecule has 4 nitrogen and oxygen atoms in total. The zero-order valence-corrected chi connectivity index (χ0v) is 8.78. The third kappa shape index (κ3) is 2.21. The summed E-state index contributed by atoms with van der Waals surface area (Å²) < 4.78 is 5.06. The van der Waals surface area contributed by atoms with Crippen LogP contribution in [-0.4, -0.2) is 23.3 Å². The molecule has 0 aliphatic heterocycles. The Morgan fingerprint density at radius 3 is 2.60 bits per heavy atom. The lowest BCUT2D eigenvalue weighted by molar-refractivity contribution is 0.0693. The molecular weight excluding hydrogens is 196 g/mol. The van der Waals surface area contributed by atoms with Crippen molar-refractivity contribution in [1.29, 1.82) is 0 Å². The maximum atomic E-state index is 10.8. The van der Waals surface area contributed by atoms with E-state index in [4.69, 9.17) is 9.84 Å². The van der Waals surface area contributed by atoms with Crippen molar-refractivity contribution in [3.63, 3.8) is 0 Å². The molecule has 0 radical (unpaired) electrons. The van der Waals surface area contributed by atoms with Gasteiger partial charge in [-0.05, 0) is 18.6 Å². The van der Waals surface area contributed by atoms with E-state index in [-0.39, 0.29) is 11.3 Å². The molecule has 0 unspecified atom stereocenters. The number of methoxy groups -OCH3 is 1. The average Bonchev–Trinajstić information content (AvgIpc) is 2.20. The highest BCUT2D eigenvalue weighted by molar-refractivity contribution is 5.91. The SMILES string of the molecule is CCCc1c(OC)ccc(C(=O)O)c1O. The molecule has 0 saturated heterocycles. The topological polar surface area (TPSA) is 66.8 Å². The first-order valence-electron chi connectivity index (χ1n) is 4.74. The van der Waals surface area contributed by atoms with E-state index in [1.807, 2.05) is 6.92 Å². The largest absolute Gasteiger partial charge is 0.507 e. The fourth-order valence-electron chi connectivity index (χ4n) is 1.47. The van der Waals surface area contributed by atoms with E-state index in [0.29, 0.717) is 17.7 Å². The fourth-order valence-corrected chi connectivity index (χ4v) is 1.47. The predicted octanol–water partition coefficient (Wildman–Crippen LogP) is 2.05. The van der Waals surface area contributed by atoms with Gasteiger partial charge in [-0.3, -0.25) is 0 Å². The second-order valence-electron chi connectivity index (χ2n) is 3.20. The third-order valence-corrected chi connectivity index (χ3v) is 2.19. The molecule has 0 bridgehead atoms. The van der Waals surface area contributed by atoms with Crippen molar-refractivity contribution >= 4 is 5.97 Å². The number of carboxylic acid groups (broad SMARTS) is 1. The first-order valence-corrected chi connectivity index (χ1v) is 4.74. The minimum Gasteiger partial charge on any atom is -0.507 e. The molecule has 0 aliphatic rings. The number of aromatic hydroxyl groups is 1. The molecule has 0 fully saturated rings. The predicted molar refractivity (Wildman–Crippen MR) is 55.6 cm³/mol. The smallest absolute Gasteiger partial charge is 0.339 e. The second kappa shape index (κ2) is 4.68. The molecule has 1 rings (SSSR count). The van der Waals surface area contributed by atoms with Crippen LogP contribution in [0.15, 0.2) is 12.1 Å². The molecule has 0 heterocycles.